The van der Waals surface area contributed by atoms with E-state index in [1.165, 1.54) is 19.3 Å². The maximum absolute atomic E-state index is 5.83. The molecule has 2 unspecified atom stereocenters. The van der Waals surface area contributed by atoms with E-state index in [0.29, 0.717) is 12.1 Å². The van der Waals surface area contributed by atoms with Gasteiger partial charge in [0.1, 0.15) is 0 Å². The summed E-state index contributed by atoms with van der Waals surface area (Å²) < 4.78 is 11.3. The Morgan fingerprint density at radius 2 is 2.19 bits per heavy atom. The van der Waals surface area contributed by atoms with Crippen LogP contribution in [0.5, 0.6) is 0 Å². The van der Waals surface area contributed by atoms with Gasteiger partial charge in [-0.25, -0.2) is 0 Å². The molecule has 3 heteroatoms. The molecule has 1 saturated heterocycles. The van der Waals surface area contributed by atoms with Crippen LogP contribution in [-0.2, 0) is 9.47 Å². The molecule has 0 aromatic heterocycles. The summed E-state index contributed by atoms with van der Waals surface area (Å²) in [6, 6.07) is 0.467. The molecular formula is C13H27NO2. The Balaban J connectivity index is 2.36. The summed E-state index contributed by atoms with van der Waals surface area (Å²) in [6.45, 7) is 5.21. The monoisotopic (exact) mass is 229 g/mol. The number of rotatable bonds is 6. The fourth-order valence-corrected chi connectivity index (χ4v) is 2.20. The summed E-state index contributed by atoms with van der Waals surface area (Å²) in [5, 5.41) is 3.39. The SMILES string of the molecule is CNC(CCC(C)(C)OC)C1CCCCO1. The maximum Gasteiger partial charge on any atom is 0.0727 e. The third-order valence-corrected chi connectivity index (χ3v) is 3.64. The van der Waals surface area contributed by atoms with Gasteiger partial charge in [0.15, 0.2) is 0 Å². The lowest BCUT2D eigenvalue weighted by molar-refractivity contribution is -0.0224. The molecule has 0 radical (unpaired) electrons. The van der Waals surface area contributed by atoms with Gasteiger partial charge in [-0.2, -0.15) is 0 Å². The molecule has 2 atom stereocenters. The van der Waals surface area contributed by atoms with Crippen molar-refractivity contribution in [2.45, 2.75) is 63.7 Å². The lowest BCUT2D eigenvalue weighted by atomic mass is 9.93. The van der Waals surface area contributed by atoms with Crippen molar-refractivity contribution in [2.24, 2.45) is 0 Å². The molecule has 96 valence electrons. The first kappa shape index (κ1) is 13.9. The molecule has 0 saturated carbocycles. The van der Waals surface area contributed by atoms with Crippen LogP contribution in [0.25, 0.3) is 0 Å². The topological polar surface area (TPSA) is 30.5 Å². The fourth-order valence-electron chi connectivity index (χ4n) is 2.20. The average Bonchev–Trinajstić information content (AvgIpc) is 2.31. The van der Waals surface area contributed by atoms with E-state index in [2.05, 4.69) is 19.2 Å². The number of ether oxygens (including phenoxy) is 2. The Hall–Kier alpha value is -0.120. The third kappa shape index (κ3) is 4.40. The highest BCUT2D eigenvalue weighted by Crippen LogP contribution is 2.22. The molecule has 1 aliphatic heterocycles. The van der Waals surface area contributed by atoms with Gasteiger partial charge in [-0.05, 0) is 53.0 Å². The Kier molecular flexibility index (Phi) is 5.73. The van der Waals surface area contributed by atoms with Crippen molar-refractivity contribution in [3.63, 3.8) is 0 Å². The Labute approximate surface area is 99.9 Å². The summed E-state index contributed by atoms with van der Waals surface area (Å²) in [5.41, 5.74) is -0.0240. The predicted octanol–water partition coefficient (Wildman–Crippen LogP) is 2.35. The van der Waals surface area contributed by atoms with Crippen LogP contribution in [0.1, 0.15) is 46.0 Å². The van der Waals surface area contributed by atoms with Gasteiger partial charge in [0.05, 0.1) is 11.7 Å². The normalized spacial score (nSPS) is 24.4. The molecule has 3 nitrogen and oxygen atoms in total. The van der Waals surface area contributed by atoms with Crippen LogP contribution >= 0.6 is 0 Å². The van der Waals surface area contributed by atoms with Gasteiger partial charge < -0.3 is 14.8 Å². The summed E-state index contributed by atoms with van der Waals surface area (Å²) in [5.74, 6) is 0. The number of hydrogen-bond donors (Lipinski definition) is 1. The minimum atomic E-state index is -0.0240. The zero-order valence-electron chi connectivity index (χ0n) is 11.2. The Morgan fingerprint density at radius 1 is 1.44 bits per heavy atom. The van der Waals surface area contributed by atoms with Crippen LogP contribution < -0.4 is 5.32 Å². The van der Waals surface area contributed by atoms with E-state index in [0.717, 1.165) is 19.4 Å². The Bertz CT molecular complexity index is 188. The molecule has 0 amide bonds. The highest BCUT2D eigenvalue weighted by atomic mass is 16.5. The summed E-state index contributed by atoms with van der Waals surface area (Å²) in [4.78, 5) is 0. The average molecular weight is 229 g/mol. The van der Waals surface area contributed by atoms with E-state index in [9.17, 15) is 0 Å². The van der Waals surface area contributed by atoms with E-state index in [1.807, 2.05) is 7.05 Å². The van der Waals surface area contributed by atoms with Gasteiger partial charge in [-0.15, -0.1) is 0 Å². The smallest absolute Gasteiger partial charge is 0.0727 e. The molecule has 1 heterocycles. The van der Waals surface area contributed by atoms with Gasteiger partial charge in [0, 0.05) is 19.8 Å². The zero-order valence-corrected chi connectivity index (χ0v) is 11.2. The minimum Gasteiger partial charge on any atom is -0.379 e. The first-order valence-corrected chi connectivity index (χ1v) is 6.43. The first-order valence-electron chi connectivity index (χ1n) is 6.43. The zero-order chi connectivity index (χ0) is 12.0. The summed E-state index contributed by atoms with van der Waals surface area (Å²) in [6.07, 6.45) is 6.29. The van der Waals surface area contributed by atoms with Gasteiger partial charge in [0.2, 0.25) is 0 Å². The van der Waals surface area contributed by atoms with Crippen LogP contribution in [0.2, 0.25) is 0 Å². The van der Waals surface area contributed by atoms with Crippen molar-refractivity contribution in [1.82, 2.24) is 5.32 Å². The quantitative estimate of drug-likeness (QED) is 0.758. The predicted molar refractivity (Wildman–Crippen MR) is 66.8 cm³/mol. The van der Waals surface area contributed by atoms with Gasteiger partial charge in [-0.1, -0.05) is 0 Å². The number of hydrogen-bond acceptors (Lipinski definition) is 3. The van der Waals surface area contributed by atoms with E-state index in [4.69, 9.17) is 9.47 Å². The lowest BCUT2D eigenvalue weighted by Gasteiger charge is -2.32. The lowest BCUT2D eigenvalue weighted by Crippen LogP contribution is -2.42. The van der Waals surface area contributed by atoms with Crippen LogP contribution in [0.4, 0.5) is 0 Å². The Morgan fingerprint density at radius 3 is 2.69 bits per heavy atom. The fraction of sp³-hybridized carbons (Fsp3) is 1.00. The van der Waals surface area contributed by atoms with E-state index in [1.54, 1.807) is 7.11 Å². The maximum atomic E-state index is 5.83. The molecule has 0 aliphatic carbocycles. The number of nitrogens with one attached hydrogen (secondary N) is 1. The number of likely N-dealkylation sites (N-methyl/N-ethyl adjacent to an activating group) is 1. The van der Waals surface area contributed by atoms with Crippen molar-refractivity contribution in [3.8, 4) is 0 Å². The molecular weight excluding hydrogens is 202 g/mol. The van der Waals surface area contributed by atoms with Crippen LogP contribution in [-0.4, -0.2) is 38.5 Å². The second-order valence-corrected chi connectivity index (χ2v) is 5.30. The van der Waals surface area contributed by atoms with E-state index >= 15 is 0 Å². The van der Waals surface area contributed by atoms with Crippen LogP contribution in [0.3, 0.4) is 0 Å². The van der Waals surface area contributed by atoms with Crippen molar-refractivity contribution in [2.75, 3.05) is 20.8 Å². The van der Waals surface area contributed by atoms with E-state index < -0.39 is 0 Å². The third-order valence-electron chi connectivity index (χ3n) is 3.64. The molecule has 1 rings (SSSR count). The molecule has 16 heavy (non-hydrogen) atoms. The van der Waals surface area contributed by atoms with Crippen molar-refractivity contribution in [1.29, 1.82) is 0 Å². The largest absolute Gasteiger partial charge is 0.379 e. The molecule has 1 N–H and O–H groups in total. The molecule has 1 aliphatic rings. The number of methoxy groups -OCH3 is 1. The van der Waals surface area contributed by atoms with Crippen LogP contribution in [0, 0.1) is 0 Å². The second kappa shape index (κ2) is 6.58. The second-order valence-electron chi connectivity index (χ2n) is 5.30. The first-order chi connectivity index (χ1) is 7.59. The van der Waals surface area contributed by atoms with Gasteiger partial charge in [-0.3, -0.25) is 0 Å². The summed E-state index contributed by atoms with van der Waals surface area (Å²) in [7, 11) is 3.81. The van der Waals surface area contributed by atoms with E-state index in [-0.39, 0.29) is 5.60 Å². The molecule has 1 fully saturated rings. The summed E-state index contributed by atoms with van der Waals surface area (Å²) >= 11 is 0. The molecule has 0 aromatic carbocycles. The standard InChI is InChI=1S/C13H27NO2/c1-13(2,15-4)9-8-11(14-3)12-7-5-6-10-16-12/h11-12,14H,5-10H2,1-4H3. The van der Waals surface area contributed by atoms with Crippen molar-refractivity contribution < 1.29 is 9.47 Å². The van der Waals surface area contributed by atoms with Gasteiger partial charge >= 0.3 is 0 Å². The van der Waals surface area contributed by atoms with Gasteiger partial charge in [0.25, 0.3) is 0 Å². The van der Waals surface area contributed by atoms with Crippen LogP contribution in [0.15, 0.2) is 0 Å². The molecule has 0 spiro atoms. The molecule has 0 bridgehead atoms. The van der Waals surface area contributed by atoms with Crippen molar-refractivity contribution >= 4 is 0 Å². The highest BCUT2D eigenvalue weighted by molar-refractivity contribution is 4.81. The molecule has 0 aromatic rings. The minimum absolute atomic E-state index is 0.0240. The van der Waals surface area contributed by atoms with Crippen molar-refractivity contribution in [3.05, 3.63) is 0 Å². The highest BCUT2D eigenvalue weighted by Gasteiger charge is 2.26.